The molecule has 1 aromatic rings. The first-order valence-corrected chi connectivity index (χ1v) is 2.06. The summed E-state index contributed by atoms with van der Waals surface area (Å²) in [6.07, 6.45) is 1.66. The summed E-state index contributed by atoms with van der Waals surface area (Å²) >= 11 is 0. The van der Waals surface area contributed by atoms with Crippen LogP contribution in [-0.2, 0) is 0 Å². The predicted molar refractivity (Wildman–Crippen MR) is 36.5 cm³/mol. The molecule has 3 nitrogen and oxygen atoms in total. The number of anilines is 1. The molecule has 0 aliphatic heterocycles. The fourth-order valence-electron chi connectivity index (χ4n) is 0.376. The molecule has 9 heavy (non-hydrogen) atoms. The first-order chi connectivity index (χ1) is 3.39. The molecule has 0 saturated carbocycles. The van der Waals surface area contributed by atoms with Crippen LogP contribution in [0.5, 0.6) is 0 Å². The third-order valence-electron chi connectivity index (χ3n) is 0.688. The number of hydrogen-bond acceptors (Lipinski definition) is 2. The topological polar surface area (TPSA) is 69.4 Å². The van der Waals surface area contributed by atoms with Crippen LogP contribution in [0.1, 0.15) is 0 Å². The molecule has 0 aliphatic carbocycles. The van der Waals surface area contributed by atoms with Gasteiger partial charge in [0.1, 0.15) is 5.82 Å². The normalized spacial score (nSPS) is 6.67. The first-order valence-electron chi connectivity index (χ1n) is 2.06. The van der Waals surface area contributed by atoms with Gasteiger partial charge in [-0.1, -0.05) is 6.07 Å². The summed E-state index contributed by atoms with van der Waals surface area (Å²) in [7, 11) is 0. The van der Waals surface area contributed by atoms with E-state index in [0.717, 1.165) is 0 Å². The molecule has 0 bridgehead atoms. The Hall–Kier alpha value is -0.0900. The maximum atomic E-state index is 5.25. The Kier molecular flexibility index (Phi) is 7.83. The van der Waals surface area contributed by atoms with Gasteiger partial charge in [-0.3, -0.25) is 0 Å². The summed E-state index contributed by atoms with van der Waals surface area (Å²) in [5, 5.41) is 0. The standard InChI is InChI=1S/C5H6N2.N.Na/c6-5-3-1-2-4-7-5;;/h1-4H,(H2,6,7);;. The Morgan fingerprint density at radius 1 is 1.33 bits per heavy atom. The summed E-state index contributed by atoms with van der Waals surface area (Å²) in [5.74, 6) is 0.572. The molecule has 0 aliphatic rings. The Balaban J connectivity index is 0. The van der Waals surface area contributed by atoms with E-state index >= 15 is 0 Å². The predicted octanol–water partition coefficient (Wildman–Crippen LogP) is -0.198. The molecule has 0 aromatic carbocycles. The van der Waals surface area contributed by atoms with Crippen molar-refractivity contribution < 1.29 is 0 Å². The maximum absolute atomic E-state index is 5.25. The van der Waals surface area contributed by atoms with Crippen LogP contribution in [0.2, 0.25) is 0 Å². The van der Waals surface area contributed by atoms with Crippen LogP contribution in [-0.4, -0.2) is 34.5 Å². The van der Waals surface area contributed by atoms with E-state index < -0.39 is 0 Å². The van der Waals surface area contributed by atoms with E-state index in [0.29, 0.717) is 5.82 Å². The third-order valence-corrected chi connectivity index (χ3v) is 0.688. The van der Waals surface area contributed by atoms with E-state index in [9.17, 15) is 0 Å². The number of pyridine rings is 1. The molecule has 1 heterocycles. The average Bonchev–Trinajstić information content (AvgIpc) is 1.69. The van der Waals surface area contributed by atoms with Crippen LogP contribution in [0.25, 0.3) is 0 Å². The van der Waals surface area contributed by atoms with Crippen molar-refractivity contribution in [2.24, 2.45) is 0 Å². The van der Waals surface area contributed by atoms with Crippen LogP contribution >= 0.6 is 0 Å². The zero-order valence-corrected chi connectivity index (χ0v) is 7.28. The molecule has 0 atom stereocenters. The van der Waals surface area contributed by atoms with Gasteiger partial charge in [0.25, 0.3) is 0 Å². The molecule has 1 rings (SSSR count). The minimum absolute atomic E-state index is 0. The van der Waals surface area contributed by atoms with Crippen LogP contribution in [0.4, 0.5) is 5.82 Å². The SMILES string of the molecule is Nc1ccccn1.[N].[Na]. The molecule has 4 heteroatoms. The summed E-state index contributed by atoms with van der Waals surface area (Å²) in [5.41, 5.74) is 5.25. The van der Waals surface area contributed by atoms with Crippen molar-refractivity contribution in [3.63, 3.8) is 0 Å². The van der Waals surface area contributed by atoms with Crippen molar-refractivity contribution in [1.29, 1.82) is 0 Å². The number of hydrogen-bond donors (Lipinski definition) is 1. The molecule has 0 spiro atoms. The largest absolute Gasteiger partial charge is 0.384 e. The average molecular weight is 131 g/mol. The van der Waals surface area contributed by atoms with E-state index in [2.05, 4.69) is 4.98 Å². The summed E-state index contributed by atoms with van der Waals surface area (Å²) in [6.45, 7) is 0. The van der Waals surface area contributed by atoms with Gasteiger partial charge in [0, 0.05) is 41.9 Å². The Morgan fingerprint density at radius 3 is 2.22 bits per heavy atom. The molecule has 4 radical (unpaired) electrons. The van der Waals surface area contributed by atoms with E-state index in [1.807, 2.05) is 12.1 Å². The Labute approximate surface area is 76.5 Å². The molecule has 0 fully saturated rings. The van der Waals surface area contributed by atoms with Gasteiger partial charge in [0.2, 0.25) is 0 Å². The number of nitrogens with two attached hydrogens (primary N) is 1. The Bertz CT molecular complexity index is 142. The fraction of sp³-hybridized carbons (Fsp3) is 0. The molecular weight excluding hydrogens is 125 g/mol. The second kappa shape index (κ2) is 6.04. The Morgan fingerprint density at radius 2 is 2.00 bits per heavy atom. The fourth-order valence-corrected chi connectivity index (χ4v) is 0.376. The second-order valence-electron chi connectivity index (χ2n) is 1.25. The van der Waals surface area contributed by atoms with E-state index in [1.54, 1.807) is 12.3 Å². The molecule has 2 N–H and O–H groups in total. The van der Waals surface area contributed by atoms with Gasteiger partial charge in [-0.2, -0.15) is 0 Å². The number of nitrogens with zero attached hydrogens (tertiary/aromatic N) is 2. The zero-order chi connectivity index (χ0) is 5.11. The number of aromatic nitrogens is 1. The van der Waals surface area contributed by atoms with Crippen molar-refractivity contribution in [3.8, 4) is 0 Å². The number of rotatable bonds is 0. The van der Waals surface area contributed by atoms with Gasteiger partial charge >= 0.3 is 0 Å². The van der Waals surface area contributed by atoms with Crippen LogP contribution in [0, 0.1) is 0 Å². The smallest absolute Gasteiger partial charge is 0.123 e. The van der Waals surface area contributed by atoms with Crippen molar-refractivity contribution in [2.75, 3.05) is 5.73 Å². The molecule has 1 aromatic heterocycles. The van der Waals surface area contributed by atoms with Crippen LogP contribution in [0.15, 0.2) is 24.4 Å². The minimum atomic E-state index is 0. The van der Waals surface area contributed by atoms with Crippen molar-refractivity contribution in [2.45, 2.75) is 0 Å². The first kappa shape index (κ1) is 11.7. The summed E-state index contributed by atoms with van der Waals surface area (Å²) in [6, 6.07) is 5.43. The summed E-state index contributed by atoms with van der Waals surface area (Å²) < 4.78 is 0. The zero-order valence-electron chi connectivity index (χ0n) is 5.28. The van der Waals surface area contributed by atoms with Gasteiger partial charge in [-0.15, -0.1) is 0 Å². The molecule has 0 unspecified atom stereocenters. The van der Waals surface area contributed by atoms with E-state index in [-0.39, 0.29) is 35.7 Å². The van der Waals surface area contributed by atoms with Crippen molar-refractivity contribution in [3.05, 3.63) is 24.4 Å². The van der Waals surface area contributed by atoms with Crippen molar-refractivity contribution >= 4 is 35.4 Å². The van der Waals surface area contributed by atoms with E-state index in [1.165, 1.54) is 0 Å². The van der Waals surface area contributed by atoms with Gasteiger partial charge < -0.3 is 5.73 Å². The molecule has 0 saturated heterocycles. The van der Waals surface area contributed by atoms with Crippen LogP contribution in [0.3, 0.4) is 0 Å². The maximum Gasteiger partial charge on any atom is 0.123 e. The van der Waals surface area contributed by atoms with Gasteiger partial charge in [-0.05, 0) is 12.1 Å². The third kappa shape index (κ3) is 4.42. The minimum Gasteiger partial charge on any atom is -0.384 e. The molecule has 0 amide bonds. The van der Waals surface area contributed by atoms with E-state index in [4.69, 9.17) is 5.73 Å². The van der Waals surface area contributed by atoms with Gasteiger partial charge in [0.15, 0.2) is 0 Å². The quantitative estimate of drug-likeness (QED) is 0.495. The van der Waals surface area contributed by atoms with Gasteiger partial charge in [0.05, 0.1) is 0 Å². The monoisotopic (exact) mass is 131 g/mol. The molecular formula is C5H6N3Na. The second-order valence-corrected chi connectivity index (χ2v) is 1.25. The van der Waals surface area contributed by atoms with Crippen LogP contribution < -0.4 is 11.9 Å². The summed E-state index contributed by atoms with van der Waals surface area (Å²) in [4.78, 5) is 3.76. The molecule has 42 valence electrons. The van der Waals surface area contributed by atoms with Crippen molar-refractivity contribution in [1.82, 2.24) is 11.1 Å². The van der Waals surface area contributed by atoms with Gasteiger partial charge in [-0.25, -0.2) is 4.98 Å². The number of nitrogen functional groups attached to an aromatic ring is 1.